The van der Waals surface area contributed by atoms with E-state index in [1.54, 1.807) is 0 Å². The molecule has 1 atom stereocenters. The number of benzene rings is 1. The van der Waals surface area contributed by atoms with E-state index >= 15 is 0 Å². The van der Waals surface area contributed by atoms with Crippen LogP contribution in [-0.4, -0.2) is 17.8 Å². The Labute approximate surface area is 130 Å². The molecule has 0 spiro atoms. The highest BCUT2D eigenvalue weighted by atomic mass is 16.2. The number of rotatable bonds is 13. The van der Waals surface area contributed by atoms with E-state index in [4.69, 9.17) is 10.8 Å². The van der Waals surface area contributed by atoms with Crippen LogP contribution in [0.15, 0.2) is 30.3 Å². The summed E-state index contributed by atoms with van der Waals surface area (Å²) < 4.78 is 0. The summed E-state index contributed by atoms with van der Waals surface area (Å²) in [6.07, 6.45) is 13.5. The van der Waals surface area contributed by atoms with Gasteiger partial charge in [0.15, 0.2) is 0 Å². The van der Waals surface area contributed by atoms with Crippen LogP contribution in [0.5, 0.6) is 0 Å². The van der Waals surface area contributed by atoms with Gasteiger partial charge in [0.2, 0.25) is 0 Å². The van der Waals surface area contributed by atoms with Gasteiger partial charge in [-0.1, -0.05) is 81.7 Å². The van der Waals surface area contributed by atoms with Gasteiger partial charge in [0.05, 0.1) is 0 Å². The van der Waals surface area contributed by atoms with Gasteiger partial charge in [-0.15, -0.1) is 0 Å². The first-order valence-corrected chi connectivity index (χ1v) is 8.73. The van der Waals surface area contributed by atoms with Crippen LogP contribution in [0.2, 0.25) is 0 Å². The van der Waals surface area contributed by atoms with E-state index in [9.17, 15) is 0 Å². The molecule has 120 valence electrons. The summed E-state index contributed by atoms with van der Waals surface area (Å²) >= 11 is 0. The second-order valence-corrected chi connectivity index (χ2v) is 6.14. The minimum atomic E-state index is 0.311. The first-order valence-electron chi connectivity index (χ1n) is 8.73. The van der Waals surface area contributed by atoms with Crippen LogP contribution in [0.1, 0.15) is 69.8 Å². The highest BCUT2D eigenvalue weighted by molar-refractivity contribution is 5.15. The average molecular weight is 291 g/mol. The standard InChI is InChI=1S/C19H33NO/c20-19(17-18-13-9-8-10-14-18)15-11-6-4-2-1-3-5-7-12-16-21/h8-10,13-14,19,21H,1-7,11-12,15-17,20H2. The first kappa shape index (κ1) is 18.2. The predicted octanol–water partition coefficient (Wildman–Crippen LogP) is 4.45. The monoisotopic (exact) mass is 291 g/mol. The summed E-state index contributed by atoms with van der Waals surface area (Å²) in [4.78, 5) is 0. The second kappa shape index (κ2) is 12.8. The summed E-state index contributed by atoms with van der Waals surface area (Å²) in [5, 5.41) is 8.69. The Morgan fingerprint density at radius 2 is 1.29 bits per heavy atom. The molecule has 2 heteroatoms. The van der Waals surface area contributed by atoms with E-state index < -0.39 is 0 Å². The van der Waals surface area contributed by atoms with E-state index in [1.165, 1.54) is 56.9 Å². The van der Waals surface area contributed by atoms with Crippen LogP contribution in [0.25, 0.3) is 0 Å². The second-order valence-electron chi connectivity index (χ2n) is 6.14. The molecule has 2 nitrogen and oxygen atoms in total. The van der Waals surface area contributed by atoms with Crippen molar-refractivity contribution in [3.05, 3.63) is 35.9 Å². The molecule has 0 aliphatic carbocycles. The van der Waals surface area contributed by atoms with Gasteiger partial charge < -0.3 is 10.8 Å². The molecule has 0 fully saturated rings. The van der Waals surface area contributed by atoms with Gasteiger partial charge in [-0.05, 0) is 24.8 Å². The van der Waals surface area contributed by atoms with Crippen LogP contribution < -0.4 is 5.73 Å². The summed E-state index contributed by atoms with van der Waals surface area (Å²) in [5.74, 6) is 0. The average Bonchev–Trinajstić information content (AvgIpc) is 2.50. The van der Waals surface area contributed by atoms with Crippen molar-refractivity contribution in [3.8, 4) is 0 Å². The Hall–Kier alpha value is -0.860. The van der Waals surface area contributed by atoms with Crippen molar-refractivity contribution in [3.63, 3.8) is 0 Å². The first-order chi connectivity index (χ1) is 10.3. The van der Waals surface area contributed by atoms with E-state index in [0.29, 0.717) is 12.6 Å². The predicted molar refractivity (Wildman–Crippen MR) is 91.4 cm³/mol. The Kier molecular flexibility index (Phi) is 11.1. The largest absolute Gasteiger partial charge is 0.396 e. The Bertz CT molecular complexity index is 326. The molecule has 1 aromatic rings. The van der Waals surface area contributed by atoms with Crippen molar-refractivity contribution in [2.24, 2.45) is 5.73 Å². The lowest BCUT2D eigenvalue weighted by Gasteiger charge is -2.11. The van der Waals surface area contributed by atoms with Crippen LogP contribution in [-0.2, 0) is 6.42 Å². The molecule has 0 saturated heterocycles. The number of aliphatic hydroxyl groups excluding tert-OH is 1. The van der Waals surface area contributed by atoms with Crippen molar-refractivity contribution in [1.82, 2.24) is 0 Å². The fourth-order valence-corrected chi connectivity index (χ4v) is 2.77. The maximum atomic E-state index is 8.69. The van der Waals surface area contributed by atoms with Crippen LogP contribution in [0.3, 0.4) is 0 Å². The van der Waals surface area contributed by atoms with E-state index in [1.807, 2.05) is 0 Å². The molecule has 0 aliphatic heterocycles. The number of hydrogen-bond acceptors (Lipinski definition) is 2. The SMILES string of the molecule is NC(CCCCCCCCCCCO)Cc1ccccc1. The number of hydrogen-bond donors (Lipinski definition) is 2. The lowest BCUT2D eigenvalue weighted by Crippen LogP contribution is -2.22. The van der Waals surface area contributed by atoms with Crippen LogP contribution >= 0.6 is 0 Å². The van der Waals surface area contributed by atoms with Gasteiger partial charge in [-0.25, -0.2) is 0 Å². The van der Waals surface area contributed by atoms with Gasteiger partial charge in [0.25, 0.3) is 0 Å². The van der Waals surface area contributed by atoms with E-state index in [0.717, 1.165) is 19.3 Å². The zero-order valence-corrected chi connectivity index (χ0v) is 13.5. The third-order valence-corrected chi connectivity index (χ3v) is 4.07. The van der Waals surface area contributed by atoms with Crippen molar-refractivity contribution in [2.45, 2.75) is 76.7 Å². The lowest BCUT2D eigenvalue weighted by molar-refractivity contribution is 0.282. The molecule has 0 aliphatic rings. The Balaban J connectivity index is 1.87. The third kappa shape index (κ3) is 10.5. The number of nitrogens with two attached hydrogens (primary N) is 1. The maximum absolute atomic E-state index is 8.69. The molecule has 0 amide bonds. The molecule has 21 heavy (non-hydrogen) atoms. The van der Waals surface area contributed by atoms with Gasteiger partial charge >= 0.3 is 0 Å². The minimum absolute atomic E-state index is 0.311. The Morgan fingerprint density at radius 1 is 0.762 bits per heavy atom. The third-order valence-electron chi connectivity index (χ3n) is 4.07. The summed E-state index contributed by atoms with van der Waals surface area (Å²) in [5.41, 5.74) is 7.55. The topological polar surface area (TPSA) is 46.2 Å². The van der Waals surface area contributed by atoms with E-state index in [2.05, 4.69) is 30.3 Å². The highest BCUT2D eigenvalue weighted by Gasteiger charge is 2.03. The van der Waals surface area contributed by atoms with Crippen molar-refractivity contribution in [2.75, 3.05) is 6.61 Å². The fraction of sp³-hybridized carbons (Fsp3) is 0.684. The van der Waals surface area contributed by atoms with Crippen molar-refractivity contribution in [1.29, 1.82) is 0 Å². The number of unbranched alkanes of at least 4 members (excludes halogenated alkanes) is 8. The minimum Gasteiger partial charge on any atom is -0.396 e. The molecule has 1 rings (SSSR count). The Morgan fingerprint density at radius 3 is 1.86 bits per heavy atom. The normalized spacial score (nSPS) is 12.5. The quantitative estimate of drug-likeness (QED) is 0.527. The molecular formula is C19H33NO. The molecule has 0 aromatic heterocycles. The maximum Gasteiger partial charge on any atom is 0.0431 e. The molecule has 1 unspecified atom stereocenters. The lowest BCUT2D eigenvalue weighted by atomic mass is 10.00. The summed E-state index contributed by atoms with van der Waals surface area (Å²) in [7, 11) is 0. The van der Waals surface area contributed by atoms with Crippen molar-refractivity contribution < 1.29 is 5.11 Å². The van der Waals surface area contributed by atoms with Gasteiger partial charge in [0.1, 0.15) is 0 Å². The molecule has 3 N–H and O–H groups in total. The smallest absolute Gasteiger partial charge is 0.0431 e. The molecule has 1 aromatic carbocycles. The van der Waals surface area contributed by atoms with Crippen LogP contribution in [0.4, 0.5) is 0 Å². The highest BCUT2D eigenvalue weighted by Crippen LogP contribution is 2.12. The number of aliphatic hydroxyl groups is 1. The van der Waals surface area contributed by atoms with Crippen molar-refractivity contribution >= 4 is 0 Å². The molecule has 0 radical (unpaired) electrons. The molecule has 0 heterocycles. The summed E-state index contributed by atoms with van der Waals surface area (Å²) in [6.45, 7) is 0.350. The van der Waals surface area contributed by atoms with Crippen LogP contribution in [0, 0.1) is 0 Å². The fourth-order valence-electron chi connectivity index (χ4n) is 2.77. The van der Waals surface area contributed by atoms with Gasteiger partial charge in [-0.2, -0.15) is 0 Å². The summed E-state index contributed by atoms with van der Waals surface area (Å²) in [6, 6.07) is 10.9. The van der Waals surface area contributed by atoms with E-state index in [-0.39, 0.29) is 0 Å². The van der Waals surface area contributed by atoms with Gasteiger partial charge in [0, 0.05) is 12.6 Å². The molecule has 0 bridgehead atoms. The molecular weight excluding hydrogens is 258 g/mol. The van der Waals surface area contributed by atoms with Gasteiger partial charge in [-0.3, -0.25) is 0 Å². The molecule has 0 saturated carbocycles. The zero-order valence-electron chi connectivity index (χ0n) is 13.5. The zero-order chi connectivity index (χ0) is 15.2.